The summed E-state index contributed by atoms with van der Waals surface area (Å²) in [6.07, 6.45) is 2.31. The first kappa shape index (κ1) is 17.4. The third-order valence-corrected chi connectivity index (χ3v) is 4.07. The Morgan fingerprint density at radius 1 is 1.05 bits per heavy atom. The summed E-state index contributed by atoms with van der Waals surface area (Å²) < 4.78 is 27.7. The molecule has 2 N–H and O–H groups in total. The monoisotopic (exact) mass is 298 g/mol. The van der Waals surface area contributed by atoms with Crippen LogP contribution in [0.15, 0.2) is 12.1 Å². The summed E-state index contributed by atoms with van der Waals surface area (Å²) >= 11 is 0. The summed E-state index contributed by atoms with van der Waals surface area (Å²) in [5.41, 5.74) is -0.516. The summed E-state index contributed by atoms with van der Waals surface area (Å²) in [4.78, 5) is 12.2. The highest BCUT2D eigenvalue weighted by Gasteiger charge is 2.27. The molecule has 0 radical (unpaired) electrons. The zero-order valence-corrected chi connectivity index (χ0v) is 13.1. The Balaban J connectivity index is 3.03. The van der Waals surface area contributed by atoms with Crippen LogP contribution in [0.3, 0.4) is 0 Å². The van der Waals surface area contributed by atoms with Crippen LogP contribution in [-0.2, 0) is 0 Å². The average molecular weight is 298 g/mol. The molecule has 118 valence electrons. The fourth-order valence-corrected chi connectivity index (χ4v) is 2.38. The minimum absolute atomic E-state index is 0.00591. The minimum Gasteiger partial charge on any atom is -0.381 e. The van der Waals surface area contributed by atoms with Crippen molar-refractivity contribution in [1.29, 1.82) is 0 Å². The molecule has 0 aliphatic rings. The third kappa shape index (κ3) is 3.93. The van der Waals surface area contributed by atoms with E-state index in [1.807, 2.05) is 20.8 Å². The molecule has 0 aromatic heterocycles. The molecule has 1 aromatic carbocycles. The maximum Gasteiger partial charge on any atom is 0.251 e. The summed E-state index contributed by atoms with van der Waals surface area (Å²) in [5.74, 6) is -1.95. The van der Waals surface area contributed by atoms with Gasteiger partial charge in [-0.05, 0) is 38.3 Å². The van der Waals surface area contributed by atoms with Crippen LogP contribution in [0.4, 0.5) is 14.5 Å². The largest absolute Gasteiger partial charge is 0.381 e. The Morgan fingerprint density at radius 3 is 1.90 bits per heavy atom. The lowest BCUT2D eigenvalue weighted by atomic mass is 9.89. The summed E-state index contributed by atoms with van der Waals surface area (Å²) in [5, 5.41) is 5.52. The number of hydrogen-bond donors (Lipinski definition) is 2. The number of anilines is 1. The van der Waals surface area contributed by atoms with Gasteiger partial charge in [0.05, 0.1) is 0 Å². The molecule has 21 heavy (non-hydrogen) atoms. The first-order valence-corrected chi connectivity index (χ1v) is 7.48. The van der Waals surface area contributed by atoms with Gasteiger partial charge in [-0.15, -0.1) is 0 Å². The van der Waals surface area contributed by atoms with Crippen molar-refractivity contribution in [3.05, 3.63) is 29.3 Å². The summed E-state index contributed by atoms with van der Waals surface area (Å²) in [7, 11) is 0. The number of carbonyl (C=O) groups is 1. The molecular formula is C16H24F2N2O. The van der Waals surface area contributed by atoms with Crippen LogP contribution < -0.4 is 10.6 Å². The van der Waals surface area contributed by atoms with Crippen molar-refractivity contribution in [1.82, 2.24) is 5.32 Å². The predicted octanol–water partition coefficient (Wildman–Crippen LogP) is 4.10. The second-order valence-corrected chi connectivity index (χ2v) is 5.14. The van der Waals surface area contributed by atoms with Gasteiger partial charge >= 0.3 is 0 Å². The number of rotatable bonds is 7. The lowest BCUT2D eigenvalue weighted by Crippen LogP contribution is -2.47. The van der Waals surface area contributed by atoms with Crippen molar-refractivity contribution in [2.45, 2.75) is 52.5 Å². The van der Waals surface area contributed by atoms with E-state index in [4.69, 9.17) is 0 Å². The maximum atomic E-state index is 13.9. The molecule has 0 unspecified atom stereocenters. The smallest absolute Gasteiger partial charge is 0.251 e. The third-order valence-electron chi connectivity index (χ3n) is 4.07. The van der Waals surface area contributed by atoms with Gasteiger partial charge in [0, 0.05) is 17.6 Å². The Bertz CT molecular complexity index is 468. The van der Waals surface area contributed by atoms with Crippen molar-refractivity contribution in [2.75, 3.05) is 11.9 Å². The van der Waals surface area contributed by atoms with E-state index in [-0.39, 0.29) is 16.8 Å². The predicted molar refractivity (Wildman–Crippen MR) is 81.6 cm³/mol. The second kappa shape index (κ2) is 7.38. The fraction of sp³-hybridized carbons (Fsp3) is 0.562. The SMILES string of the molecule is CCNc1c(F)cc(C(=O)NC(CC)(CC)CC)cc1F. The van der Waals surface area contributed by atoms with Gasteiger partial charge in [-0.1, -0.05) is 20.8 Å². The van der Waals surface area contributed by atoms with Crippen LogP contribution in [0.1, 0.15) is 57.3 Å². The van der Waals surface area contributed by atoms with Crippen molar-refractivity contribution in [3.8, 4) is 0 Å². The van der Waals surface area contributed by atoms with E-state index >= 15 is 0 Å². The quantitative estimate of drug-likeness (QED) is 0.796. The van der Waals surface area contributed by atoms with Crippen LogP contribution in [-0.4, -0.2) is 18.0 Å². The lowest BCUT2D eigenvalue weighted by Gasteiger charge is -2.31. The van der Waals surface area contributed by atoms with Gasteiger partial charge in [0.25, 0.3) is 5.91 Å². The molecule has 0 aliphatic carbocycles. The Labute approximate surface area is 125 Å². The number of nitrogens with one attached hydrogen (secondary N) is 2. The Hall–Kier alpha value is -1.65. The van der Waals surface area contributed by atoms with E-state index in [1.165, 1.54) is 0 Å². The molecule has 0 spiro atoms. The molecule has 1 aromatic rings. The van der Waals surface area contributed by atoms with Crippen LogP contribution in [0, 0.1) is 11.6 Å². The number of amides is 1. The number of halogens is 2. The lowest BCUT2D eigenvalue weighted by molar-refractivity contribution is 0.0887. The van der Waals surface area contributed by atoms with Crippen LogP contribution in [0.25, 0.3) is 0 Å². The number of benzene rings is 1. The summed E-state index contributed by atoms with van der Waals surface area (Å²) in [6.45, 7) is 8.12. The van der Waals surface area contributed by atoms with E-state index < -0.39 is 17.5 Å². The summed E-state index contributed by atoms with van der Waals surface area (Å²) in [6, 6.07) is 2.14. The Kier molecular flexibility index (Phi) is 6.12. The molecule has 1 amide bonds. The standard InChI is InChI=1S/C16H24F2N2O/c1-5-16(6-2,7-3)20-15(21)11-9-12(17)14(19-8-4)13(18)10-11/h9-10,19H,5-8H2,1-4H3,(H,20,21). The van der Waals surface area contributed by atoms with E-state index in [2.05, 4.69) is 10.6 Å². The van der Waals surface area contributed by atoms with Gasteiger partial charge < -0.3 is 10.6 Å². The molecule has 0 atom stereocenters. The molecule has 3 nitrogen and oxygen atoms in total. The number of carbonyl (C=O) groups excluding carboxylic acids is 1. The first-order valence-electron chi connectivity index (χ1n) is 7.48. The van der Waals surface area contributed by atoms with Crippen molar-refractivity contribution in [3.63, 3.8) is 0 Å². The normalized spacial score (nSPS) is 11.3. The maximum absolute atomic E-state index is 13.9. The molecule has 0 saturated carbocycles. The van der Waals surface area contributed by atoms with E-state index in [9.17, 15) is 13.6 Å². The van der Waals surface area contributed by atoms with Crippen molar-refractivity contribution in [2.24, 2.45) is 0 Å². The van der Waals surface area contributed by atoms with Crippen molar-refractivity contribution < 1.29 is 13.6 Å². The molecule has 0 saturated heterocycles. The highest BCUT2D eigenvalue weighted by Crippen LogP contribution is 2.23. The van der Waals surface area contributed by atoms with Crippen LogP contribution >= 0.6 is 0 Å². The zero-order chi connectivity index (χ0) is 16.0. The first-order chi connectivity index (χ1) is 9.92. The van der Waals surface area contributed by atoms with Gasteiger partial charge in [0.15, 0.2) is 0 Å². The Morgan fingerprint density at radius 2 is 1.52 bits per heavy atom. The van der Waals surface area contributed by atoms with Gasteiger partial charge in [-0.3, -0.25) is 4.79 Å². The second-order valence-electron chi connectivity index (χ2n) is 5.14. The topological polar surface area (TPSA) is 41.1 Å². The van der Waals surface area contributed by atoms with Gasteiger partial charge in [0.1, 0.15) is 17.3 Å². The van der Waals surface area contributed by atoms with Crippen LogP contribution in [0.5, 0.6) is 0 Å². The van der Waals surface area contributed by atoms with Gasteiger partial charge in [0.2, 0.25) is 0 Å². The highest BCUT2D eigenvalue weighted by atomic mass is 19.1. The highest BCUT2D eigenvalue weighted by molar-refractivity contribution is 5.95. The molecule has 0 bridgehead atoms. The molecule has 5 heteroatoms. The van der Waals surface area contributed by atoms with Crippen molar-refractivity contribution >= 4 is 11.6 Å². The van der Waals surface area contributed by atoms with E-state index in [0.29, 0.717) is 6.54 Å². The molecule has 1 rings (SSSR count). The molecule has 0 heterocycles. The average Bonchev–Trinajstić information content (AvgIpc) is 2.48. The zero-order valence-electron chi connectivity index (χ0n) is 13.1. The minimum atomic E-state index is -0.753. The molecular weight excluding hydrogens is 274 g/mol. The van der Waals surface area contributed by atoms with Gasteiger partial charge in [-0.25, -0.2) is 8.78 Å². The van der Waals surface area contributed by atoms with Gasteiger partial charge in [-0.2, -0.15) is 0 Å². The van der Waals surface area contributed by atoms with Crippen LogP contribution in [0.2, 0.25) is 0 Å². The molecule has 0 aliphatic heterocycles. The number of hydrogen-bond acceptors (Lipinski definition) is 2. The fourth-order valence-electron chi connectivity index (χ4n) is 2.38. The van der Waals surface area contributed by atoms with E-state index in [1.54, 1.807) is 6.92 Å². The van der Waals surface area contributed by atoms with E-state index in [0.717, 1.165) is 31.4 Å². The molecule has 0 fully saturated rings.